The number of rotatable bonds is 7. The van der Waals surface area contributed by atoms with Crippen LogP contribution in [-0.4, -0.2) is 80.9 Å². The molecular formula is C22H29ClN4O4S. The predicted octanol–water partition coefficient (Wildman–Crippen LogP) is 2.26. The molecule has 1 aromatic heterocycles. The summed E-state index contributed by atoms with van der Waals surface area (Å²) < 4.78 is 0. The number of aliphatic hydroxyl groups excluding tert-OH is 1. The molecule has 0 saturated carbocycles. The van der Waals surface area contributed by atoms with Crippen molar-refractivity contribution in [1.82, 2.24) is 19.8 Å². The molecule has 2 fully saturated rings. The summed E-state index contributed by atoms with van der Waals surface area (Å²) in [4.78, 5) is 33.1. The standard InChI is InChI=1S/C21H27ClN4O2S.CH2O2/c1-15-6-23-19(24-15)9-25-7-17-8-26(13-21(17,12-25)14-27)20(28)11-29-10-16-4-2-3-5-18(16)22;2-1-3/h2-6,17,27H,7-14H2,1H3,(H,23,24);1H,(H,2,3). The zero-order valence-corrected chi connectivity index (χ0v) is 19.6. The molecule has 2 unspecified atom stereocenters. The highest BCUT2D eigenvalue weighted by molar-refractivity contribution is 7.99. The maximum Gasteiger partial charge on any atom is 0.290 e. The third kappa shape index (κ3) is 5.83. The Hall–Kier alpha value is -2.07. The fourth-order valence-corrected chi connectivity index (χ4v) is 5.75. The normalized spacial score (nSPS) is 22.3. The van der Waals surface area contributed by atoms with Gasteiger partial charge < -0.3 is 20.1 Å². The molecule has 2 aliphatic heterocycles. The number of aryl methyl sites for hydroxylation is 1. The first kappa shape index (κ1) is 24.6. The van der Waals surface area contributed by atoms with Crippen molar-refractivity contribution >= 4 is 35.7 Å². The first-order chi connectivity index (χ1) is 15.4. The van der Waals surface area contributed by atoms with Crippen LogP contribution in [0.5, 0.6) is 0 Å². The highest BCUT2D eigenvalue weighted by atomic mass is 35.5. The zero-order chi connectivity index (χ0) is 23.1. The van der Waals surface area contributed by atoms with Crippen molar-refractivity contribution < 1.29 is 19.8 Å². The number of carbonyl (C=O) groups excluding carboxylic acids is 1. The summed E-state index contributed by atoms with van der Waals surface area (Å²) in [6.07, 6.45) is 1.84. The second kappa shape index (κ2) is 11.2. The summed E-state index contributed by atoms with van der Waals surface area (Å²) in [5.41, 5.74) is 1.90. The first-order valence-electron chi connectivity index (χ1n) is 10.4. The van der Waals surface area contributed by atoms with E-state index in [-0.39, 0.29) is 24.4 Å². The number of aromatic amines is 1. The van der Waals surface area contributed by atoms with E-state index >= 15 is 0 Å². The van der Waals surface area contributed by atoms with E-state index in [1.54, 1.807) is 11.8 Å². The number of thioether (sulfide) groups is 1. The Kier molecular flexibility index (Phi) is 8.58. The van der Waals surface area contributed by atoms with E-state index in [1.807, 2.05) is 42.3 Å². The number of H-pyrrole nitrogens is 1. The summed E-state index contributed by atoms with van der Waals surface area (Å²) in [6, 6.07) is 7.75. The van der Waals surface area contributed by atoms with Crippen molar-refractivity contribution in [2.45, 2.75) is 19.2 Å². The van der Waals surface area contributed by atoms with Gasteiger partial charge in [0.2, 0.25) is 5.91 Å². The van der Waals surface area contributed by atoms with E-state index in [1.165, 1.54) is 0 Å². The quantitative estimate of drug-likeness (QED) is 0.521. The predicted molar refractivity (Wildman–Crippen MR) is 124 cm³/mol. The van der Waals surface area contributed by atoms with Crippen molar-refractivity contribution in [3.05, 3.63) is 52.6 Å². The van der Waals surface area contributed by atoms with Crippen molar-refractivity contribution in [1.29, 1.82) is 0 Å². The van der Waals surface area contributed by atoms with E-state index < -0.39 is 0 Å². The fourth-order valence-electron chi connectivity index (χ4n) is 4.54. The molecule has 3 N–H and O–H groups in total. The van der Waals surface area contributed by atoms with Gasteiger partial charge in [-0.1, -0.05) is 29.8 Å². The first-order valence-corrected chi connectivity index (χ1v) is 11.9. The smallest absolute Gasteiger partial charge is 0.290 e. The topological polar surface area (TPSA) is 110 Å². The molecule has 10 heteroatoms. The highest BCUT2D eigenvalue weighted by Gasteiger charge is 2.53. The van der Waals surface area contributed by atoms with Gasteiger partial charge in [0.05, 0.1) is 18.9 Å². The highest BCUT2D eigenvalue weighted by Crippen LogP contribution is 2.42. The number of carbonyl (C=O) groups is 2. The monoisotopic (exact) mass is 480 g/mol. The molecule has 1 amide bonds. The Bertz CT molecular complexity index is 927. The number of benzene rings is 1. The van der Waals surface area contributed by atoms with E-state index in [9.17, 15) is 9.90 Å². The number of halogens is 1. The van der Waals surface area contributed by atoms with Crippen LogP contribution in [-0.2, 0) is 21.9 Å². The summed E-state index contributed by atoms with van der Waals surface area (Å²) in [5, 5.41) is 17.8. The number of aromatic nitrogens is 2. The van der Waals surface area contributed by atoms with Crippen molar-refractivity contribution in [2.24, 2.45) is 11.3 Å². The number of amides is 1. The molecule has 0 aliphatic carbocycles. The summed E-state index contributed by atoms with van der Waals surface area (Å²) >= 11 is 7.79. The maximum atomic E-state index is 12.7. The largest absolute Gasteiger partial charge is 0.483 e. The lowest BCUT2D eigenvalue weighted by Crippen LogP contribution is -2.39. The molecule has 0 radical (unpaired) electrons. The molecule has 32 heavy (non-hydrogen) atoms. The van der Waals surface area contributed by atoms with E-state index in [0.29, 0.717) is 18.2 Å². The zero-order valence-electron chi connectivity index (χ0n) is 18.0. The number of aliphatic hydroxyl groups is 1. The van der Waals surface area contributed by atoms with Gasteiger partial charge >= 0.3 is 0 Å². The van der Waals surface area contributed by atoms with Gasteiger partial charge in [-0.2, -0.15) is 0 Å². The second-order valence-electron chi connectivity index (χ2n) is 8.36. The van der Waals surface area contributed by atoms with Crippen LogP contribution in [0.2, 0.25) is 5.02 Å². The minimum Gasteiger partial charge on any atom is -0.483 e. The van der Waals surface area contributed by atoms with Gasteiger partial charge in [0.25, 0.3) is 6.47 Å². The molecule has 1 aromatic carbocycles. The number of hydrogen-bond acceptors (Lipinski definition) is 6. The van der Waals surface area contributed by atoms with Crippen LogP contribution in [0.3, 0.4) is 0 Å². The van der Waals surface area contributed by atoms with Gasteiger partial charge in [-0.25, -0.2) is 4.98 Å². The third-order valence-electron chi connectivity index (χ3n) is 6.07. The Morgan fingerprint density at radius 1 is 1.38 bits per heavy atom. The molecule has 2 aliphatic rings. The molecule has 3 heterocycles. The number of imidazole rings is 1. The minimum atomic E-state index is -0.250. The number of likely N-dealkylation sites (tertiary alicyclic amines) is 2. The number of nitrogens with one attached hydrogen (secondary N) is 1. The summed E-state index contributed by atoms with van der Waals surface area (Å²) in [6.45, 7) is 5.65. The lowest BCUT2D eigenvalue weighted by molar-refractivity contribution is -0.128. The van der Waals surface area contributed by atoms with Gasteiger partial charge in [0.15, 0.2) is 0 Å². The Morgan fingerprint density at radius 2 is 2.12 bits per heavy atom. The molecular weight excluding hydrogens is 452 g/mol. The van der Waals surface area contributed by atoms with E-state index in [4.69, 9.17) is 21.5 Å². The Labute approximate surface area is 197 Å². The van der Waals surface area contributed by atoms with Crippen LogP contribution in [0.15, 0.2) is 30.5 Å². The van der Waals surface area contributed by atoms with Crippen molar-refractivity contribution in [3.63, 3.8) is 0 Å². The summed E-state index contributed by atoms with van der Waals surface area (Å²) in [5.74, 6) is 2.58. The van der Waals surface area contributed by atoms with Crippen LogP contribution >= 0.6 is 23.4 Å². The lowest BCUT2D eigenvalue weighted by Gasteiger charge is -2.27. The van der Waals surface area contributed by atoms with E-state index in [2.05, 4.69) is 14.9 Å². The molecule has 0 spiro atoms. The van der Waals surface area contributed by atoms with Gasteiger partial charge in [-0.3, -0.25) is 14.5 Å². The summed E-state index contributed by atoms with van der Waals surface area (Å²) in [7, 11) is 0. The second-order valence-corrected chi connectivity index (χ2v) is 9.76. The van der Waals surface area contributed by atoms with Crippen LogP contribution in [0.4, 0.5) is 0 Å². The average Bonchev–Trinajstić information content (AvgIpc) is 3.42. The molecule has 0 bridgehead atoms. The van der Waals surface area contributed by atoms with Gasteiger partial charge in [0.1, 0.15) is 5.82 Å². The molecule has 4 rings (SSSR count). The van der Waals surface area contributed by atoms with Crippen molar-refractivity contribution in [3.8, 4) is 0 Å². The molecule has 2 aromatic rings. The van der Waals surface area contributed by atoms with Crippen LogP contribution in [0.25, 0.3) is 0 Å². The lowest BCUT2D eigenvalue weighted by atomic mass is 9.82. The number of fused-ring (bicyclic) bond motifs is 1. The molecule has 2 atom stereocenters. The molecule has 2 saturated heterocycles. The van der Waals surface area contributed by atoms with Crippen LogP contribution in [0, 0.1) is 18.3 Å². The molecule has 8 nitrogen and oxygen atoms in total. The SMILES string of the molecule is Cc1cnc(CN2CC3CN(C(=O)CSCc4ccccc4Cl)CC3(CO)C2)[nH]1.O=CO. The minimum absolute atomic E-state index is 0.113. The van der Waals surface area contributed by atoms with E-state index in [0.717, 1.165) is 54.0 Å². The van der Waals surface area contributed by atoms with Gasteiger partial charge in [-0.05, 0) is 24.5 Å². The fraction of sp³-hybridized carbons (Fsp3) is 0.500. The number of carboxylic acid groups (broad SMARTS) is 1. The maximum absolute atomic E-state index is 12.7. The Morgan fingerprint density at radius 3 is 2.75 bits per heavy atom. The van der Waals surface area contributed by atoms with Gasteiger partial charge in [0, 0.05) is 54.3 Å². The Balaban J connectivity index is 0.000000913. The van der Waals surface area contributed by atoms with Crippen molar-refractivity contribution in [2.75, 3.05) is 38.5 Å². The molecule has 174 valence electrons. The third-order valence-corrected chi connectivity index (χ3v) is 7.40. The van der Waals surface area contributed by atoms with Gasteiger partial charge in [-0.15, -0.1) is 11.8 Å². The van der Waals surface area contributed by atoms with Crippen LogP contribution < -0.4 is 0 Å². The average molecular weight is 481 g/mol. The number of hydrogen-bond donors (Lipinski definition) is 3. The van der Waals surface area contributed by atoms with Crippen LogP contribution in [0.1, 0.15) is 17.1 Å². The number of nitrogens with zero attached hydrogens (tertiary/aromatic N) is 3.